The van der Waals surface area contributed by atoms with E-state index in [0.29, 0.717) is 32.7 Å². The van der Waals surface area contributed by atoms with Crippen molar-refractivity contribution in [3.8, 4) is 0 Å². The third kappa shape index (κ3) is 6.97. The molecule has 2 aliphatic rings. The fourth-order valence-corrected chi connectivity index (χ4v) is 6.10. The summed E-state index contributed by atoms with van der Waals surface area (Å²) in [5.41, 5.74) is 0.840. The zero-order valence-corrected chi connectivity index (χ0v) is 20.3. The molecule has 3 heterocycles. The Labute approximate surface area is 200 Å². The van der Waals surface area contributed by atoms with Gasteiger partial charge in [0, 0.05) is 56.2 Å². The standard InChI is InChI=1S/C24H31N3O4S2/c28-24(20-25(18-22-8-4-15-31-22)19-23-9-5-16-32-23)26-11-13-27(14-12-26)33(29,30)17-10-21-6-2-1-3-7-21/h1-3,5-7,9-10,16-17,22H,4,8,11-15,18-20H2/b17-10+. The number of amides is 1. The molecule has 2 saturated heterocycles. The molecule has 1 aromatic carbocycles. The highest BCUT2D eigenvalue weighted by Gasteiger charge is 2.29. The van der Waals surface area contributed by atoms with Crippen LogP contribution in [-0.4, -0.2) is 80.4 Å². The lowest BCUT2D eigenvalue weighted by molar-refractivity contribution is -0.134. The number of carbonyl (C=O) groups excluding carboxylic acids is 1. The van der Waals surface area contributed by atoms with Crippen molar-refractivity contribution in [2.75, 3.05) is 45.9 Å². The molecular formula is C24H31N3O4S2. The van der Waals surface area contributed by atoms with Crippen LogP contribution in [0.1, 0.15) is 23.3 Å². The van der Waals surface area contributed by atoms with Crippen molar-refractivity contribution in [3.05, 3.63) is 63.7 Å². The van der Waals surface area contributed by atoms with Crippen LogP contribution in [0.4, 0.5) is 0 Å². The Balaban J connectivity index is 1.31. The van der Waals surface area contributed by atoms with E-state index in [0.717, 1.165) is 38.1 Å². The zero-order valence-electron chi connectivity index (χ0n) is 18.7. The Morgan fingerprint density at radius 2 is 1.91 bits per heavy atom. The lowest BCUT2D eigenvalue weighted by Gasteiger charge is -2.35. The van der Waals surface area contributed by atoms with Crippen molar-refractivity contribution in [2.24, 2.45) is 0 Å². The first kappa shape index (κ1) is 24.1. The number of hydrogen-bond acceptors (Lipinski definition) is 6. The molecule has 0 bridgehead atoms. The lowest BCUT2D eigenvalue weighted by Crippen LogP contribution is -2.52. The van der Waals surface area contributed by atoms with Crippen molar-refractivity contribution in [2.45, 2.75) is 25.5 Å². The second kappa shape index (κ2) is 11.4. The number of sulfonamides is 1. The first-order valence-electron chi connectivity index (χ1n) is 11.4. The van der Waals surface area contributed by atoms with Crippen LogP contribution in [0, 0.1) is 0 Å². The predicted octanol–water partition coefficient (Wildman–Crippen LogP) is 2.87. The van der Waals surface area contributed by atoms with E-state index in [1.165, 1.54) is 14.6 Å². The molecule has 2 aliphatic heterocycles. The van der Waals surface area contributed by atoms with Gasteiger partial charge < -0.3 is 9.64 Å². The molecule has 0 N–H and O–H groups in total. The Hall–Kier alpha value is -2.04. The first-order chi connectivity index (χ1) is 16.0. The van der Waals surface area contributed by atoms with Gasteiger partial charge in [-0.25, -0.2) is 8.42 Å². The Bertz CT molecular complexity index is 1010. The fourth-order valence-electron chi connectivity index (χ4n) is 4.18. The van der Waals surface area contributed by atoms with Crippen LogP contribution >= 0.6 is 11.3 Å². The Morgan fingerprint density at radius 3 is 2.58 bits per heavy atom. The first-order valence-corrected chi connectivity index (χ1v) is 13.8. The van der Waals surface area contributed by atoms with Crippen molar-refractivity contribution in [1.82, 2.24) is 14.1 Å². The van der Waals surface area contributed by atoms with E-state index >= 15 is 0 Å². The van der Waals surface area contributed by atoms with Crippen molar-refractivity contribution in [3.63, 3.8) is 0 Å². The molecule has 9 heteroatoms. The molecule has 0 saturated carbocycles. The minimum Gasteiger partial charge on any atom is -0.377 e. The highest BCUT2D eigenvalue weighted by Crippen LogP contribution is 2.18. The molecular weight excluding hydrogens is 458 g/mol. The summed E-state index contributed by atoms with van der Waals surface area (Å²) in [5, 5.41) is 3.30. The van der Waals surface area contributed by atoms with Crippen molar-refractivity contribution >= 4 is 33.3 Å². The van der Waals surface area contributed by atoms with Crippen LogP contribution in [0.15, 0.2) is 53.3 Å². The average molecular weight is 490 g/mol. The monoisotopic (exact) mass is 489 g/mol. The van der Waals surface area contributed by atoms with E-state index in [9.17, 15) is 13.2 Å². The van der Waals surface area contributed by atoms with Gasteiger partial charge in [0.05, 0.1) is 12.6 Å². The highest BCUT2D eigenvalue weighted by atomic mass is 32.2. The number of ether oxygens (including phenoxy) is 1. The SMILES string of the molecule is O=C(CN(Cc1cccs1)CC1CCCO1)N1CCN(S(=O)(=O)/C=C/c2ccccc2)CC1. The number of thiophene rings is 1. The summed E-state index contributed by atoms with van der Waals surface area (Å²) in [6.07, 6.45) is 3.89. The second-order valence-electron chi connectivity index (χ2n) is 8.42. The molecule has 1 unspecified atom stereocenters. The van der Waals surface area contributed by atoms with Gasteiger partial charge in [-0.2, -0.15) is 4.31 Å². The number of nitrogens with zero attached hydrogens (tertiary/aromatic N) is 3. The van der Waals surface area contributed by atoms with Crippen LogP contribution < -0.4 is 0 Å². The molecule has 1 aromatic heterocycles. The molecule has 4 rings (SSSR count). The highest BCUT2D eigenvalue weighted by molar-refractivity contribution is 7.92. The van der Waals surface area contributed by atoms with Gasteiger partial charge >= 0.3 is 0 Å². The molecule has 0 aliphatic carbocycles. The Morgan fingerprint density at radius 1 is 1.12 bits per heavy atom. The van der Waals surface area contributed by atoms with E-state index in [2.05, 4.69) is 11.0 Å². The van der Waals surface area contributed by atoms with Crippen LogP contribution in [0.25, 0.3) is 6.08 Å². The molecule has 2 aromatic rings. The van der Waals surface area contributed by atoms with Crippen LogP contribution in [0.3, 0.4) is 0 Å². The van der Waals surface area contributed by atoms with E-state index in [-0.39, 0.29) is 12.0 Å². The summed E-state index contributed by atoms with van der Waals surface area (Å²) < 4.78 is 32.6. The summed E-state index contributed by atoms with van der Waals surface area (Å²) in [5.74, 6) is 0.0430. The average Bonchev–Trinajstić information content (AvgIpc) is 3.53. The van der Waals surface area contributed by atoms with Gasteiger partial charge in [-0.3, -0.25) is 9.69 Å². The summed E-state index contributed by atoms with van der Waals surface area (Å²) >= 11 is 1.69. The lowest BCUT2D eigenvalue weighted by atomic mass is 10.2. The van der Waals surface area contributed by atoms with Gasteiger partial charge in [0.1, 0.15) is 0 Å². The molecule has 2 fully saturated rings. The van der Waals surface area contributed by atoms with E-state index < -0.39 is 10.0 Å². The topological polar surface area (TPSA) is 70.2 Å². The summed E-state index contributed by atoms with van der Waals surface area (Å²) in [6, 6.07) is 13.5. The molecule has 0 radical (unpaired) electrons. The van der Waals surface area contributed by atoms with Gasteiger partial charge in [0.15, 0.2) is 0 Å². The maximum Gasteiger partial charge on any atom is 0.236 e. The molecule has 33 heavy (non-hydrogen) atoms. The minimum absolute atomic E-state index is 0.0430. The number of piperazine rings is 1. The largest absolute Gasteiger partial charge is 0.377 e. The quantitative estimate of drug-likeness (QED) is 0.542. The number of carbonyl (C=O) groups is 1. The van der Waals surface area contributed by atoms with Crippen LogP contribution in [0.2, 0.25) is 0 Å². The second-order valence-corrected chi connectivity index (χ2v) is 11.3. The van der Waals surface area contributed by atoms with Gasteiger partial charge in [0.25, 0.3) is 0 Å². The Kier molecular flexibility index (Phi) is 8.32. The number of hydrogen-bond donors (Lipinski definition) is 0. The molecule has 178 valence electrons. The van der Waals surface area contributed by atoms with E-state index in [1.807, 2.05) is 41.8 Å². The smallest absolute Gasteiger partial charge is 0.236 e. The minimum atomic E-state index is -3.51. The molecule has 0 spiro atoms. The zero-order chi connectivity index (χ0) is 23.1. The summed E-state index contributed by atoms with van der Waals surface area (Å²) in [4.78, 5) is 18.2. The maximum atomic E-state index is 13.0. The van der Waals surface area contributed by atoms with Gasteiger partial charge in [-0.1, -0.05) is 36.4 Å². The summed E-state index contributed by atoms with van der Waals surface area (Å²) in [7, 11) is -3.51. The van der Waals surface area contributed by atoms with Gasteiger partial charge in [-0.15, -0.1) is 11.3 Å². The van der Waals surface area contributed by atoms with Crippen molar-refractivity contribution in [1.29, 1.82) is 0 Å². The predicted molar refractivity (Wildman–Crippen MR) is 131 cm³/mol. The molecule has 7 nitrogen and oxygen atoms in total. The summed E-state index contributed by atoms with van der Waals surface area (Å²) in [6.45, 7) is 4.00. The molecule has 1 amide bonds. The molecule has 1 atom stereocenters. The van der Waals surface area contributed by atoms with Gasteiger partial charge in [-0.05, 0) is 35.9 Å². The van der Waals surface area contributed by atoms with Gasteiger partial charge in [0.2, 0.25) is 15.9 Å². The normalized spacial score (nSPS) is 20.2. The van der Waals surface area contributed by atoms with E-state index in [4.69, 9.17) is 4.74 Å². The third-order valence-electron chi connectivity index (χ3n) is 5.99. The van der Waals surface area contributed by atoms with Crippen molar-refractivity contribution < 1.29 is 17.9 Å². The number of benzene rings is 1. The maximum absolute atomic E-state index is 13.0. The van der Waals surface area contributed by atoms with Crippen LogP contribution in [-0.2, 0) is 26.1 Å². The van der Waals surface area contributed by atoms with E-state index in [1.54, 1.807) is 22.3 Å². The number of rotatable bonds is 9. The fraction of sp³-hybridized carbons (Fsp3) is 0.458. The van der Waals surface area contributed by atoms with Crippen LogP contribution in [0.5, 0.6) is 0 Å². The third-order valence-corrected chi connectivity index (χ3v) is 8.41.